The van der Waals surface area contributed by atoms with Crippen LogP contribution in [0.15, 0.2) is 30.3 Å². The summed E-state index contributed by atoms with van der Waals surface area (Å²) in [5.41, 5.74) is 1.00. The van der Waals surface area contributed by atoms with E-state index in [0.717, 1.165) is 37.4 Å². The molecule has 29 heavy (non-hydrogen) atoms. The van der Waals surface area contributed by atoms with Crippen LogP contribution in [0.25, 0.3) is 0 Å². The SMILES string of the molecule is CC1CCN(C(CNC(=O)C2CCCN2C(=O)Cc2ccccc2)C(C)C)CC1. The van der Waals surface area contributed by atoms with Gasteiger partial charge in [-0.1, -0.05) is 51.1 Å². The van der Waals surface area contributed by atoms with Crippen LogP contribution in [-0.2, 0) is 16.0 Å². The second-order valence-corrected chi connectivity index (χ2v) is 9.18. The highest BCUT2D eigenvalue weighted by Crippen LogP contribution is 2.22. The van der Waals surface area contributed by atoms with Gasteiger partial charge < -0.3 is 10.2 Å². The fourth-order valence-electron chi connectivity index (χ4n) is 4.68. The first-order valence-corrected chi connectivity index (χ1v) is 11.3. The second-order valence-electron chi connectivity index (χ2n) is 9.18. The van der Waals surface area contributed by atoms with Gasteiger partial charge in [0.2, 0.25) is 11.8 Å². The van der Waals surface area contributed by atoms with Crippen molar-refractivity contribution in [2.24, 2.45) is 11.8 Å². The molecule has 2 aliphatic rings. The number of carbonyl (C=O) groups is 2. The molecular formula is C24H37N3O2. The molecular weight excluding hydrogens is 362 g/mol. The minimum absolute atomic E-state index is 0.0138. The summed E-state index contributed by atoms with van der Waals surface area (Å²) in [6.45, 7) is 10.4. The zero-order chi connectivity index (χ0) is 20.8. The number of nitrogens with zero attached hydrogens (tertiary/aromatic N) is 2. The molecule has 0 spiro atoms. The van der Waals surface area contributed by atoms with Crippen LogP contribution in [0.1, 0.15) is 52.0 Å². The van der Waals surface area contributed by atoms with Gasteiger partial charge in [-0.15, -0.1) is 0 Å². The van der Waals surface area contributed by atoms with Crippen LogP contribution >= 0.6 is 0 Å². The number of piperidine rings is 1. The lowest BCUT2D eigenvalue weighted by Crippen LogP contribution is -2.53. The summed E-state index contributed by atoms with van der Waals surface area (Å²) >= 11 is 0. The van der Waals surface area contributed by atoms with E-state index in [4.69, 9.17) is 0 Å². The van der Waals surface area contributed by atoms with Gasteiger partial charge in [0.25, 0.3) is 0 Å². The van der Waals surface area contributed by atoms with E-state index < -0.39 is 0 Å². The van der Waals surface area contributed by atoms with Crippen molar-refractivity contribution in [3.63, 3.8) is 0 Å². The lowest BCUT2D eigenvalue weighted by Gasteiger charge is -2.39. The number of benzene rings is 1. The van der Waals surface area contributed by atoms with Crippen LogP contribution in [0.5, 0.6) is 0 Å². The molecule has 2 atom stereocenters. The zero-order valence-corrected chi connectivity index (χ0v) is 18.3. The van der Waals surface area contributed by atoms with Crippen molar-refractivity contribution in [3.8, 4) is 0 Å². The van der Waals surface area contributed by atoms with E-state index in [9.17, 15) is 9.59 Å². The fourth-order valence-corrected chi connectivity index (χ4v) is 4.68. The number of hydrogen-bond acceptors (Lipinski definition) is 3. The first kappa shape index (κ1) is 21.8. The van der Waals surface area contributed by atoms with Crippen LogP contribution in [0.2, 0.25) is 0 Å². The summed E-state index contributed by atoms with van der Waals surface area (Å²) < 4.78 is 0. The van der Waals surface area contributed by atoms with Crippen molar-refractivity contribution in [1.29, 1.82) is 0 Å². The van der Waals surface area contributed by atoms with Crippen molar-refractivity contribution >= 4 is 11.8 Å². The third-order valence-electron chi connectivity index (χ3n) is 6.62. The van der Waals surface area contributed by atoms with Crippen molar-refractivity contribution in [3.05, 3.63) is 35.9 Å². The molecule has 2 aliphatic heterocycles. The molecule has 0 aromatic heterocycles. The van der Waals surface area contributed by atoms with E-state index in [1.807, 2.05) is 30.3 Å². The Hall–Kier alpha value is -1.88. The predicted octanol–water partition coefficient (Wildman–Crippen LogP) is 3.09. The summed E-state index contributed by atoms with van der Waals surface area (Å²) in [7, 11) is 0. The number of amides is 2. The van der Waals surface area contributed by atoms with Crippen LogP contribution in [0.4, 0.5) is 0 Å². The van der Waals surface area contributed by atoms with Gasteiger partial charge in [-0.3, -0.25) is 14.5 Å². The maximum Gasteiger partial charge on any atom is 0.242 e. The van der Waals surface area contributed by atoms with E-state index in [1.165, 1.54) is 12.8 Å². The Labute approximate surface area is 175 Å². The standard InChI is InChI=1S/C24H37N3O2/c1-18(2)22(26-14-11-19(3)12-15-26)17-25-24(29)21-10-7-13-27(21)23(28)16-20-8-5-4-6-9-20/h4-6,8-9,18-19,21-22H,7,10-17H2,1-3H3,(H,25,29). The van der Waals surface area contributed by atoms with Gasteiger partial charge >= 0.3 is 0 Å². The van der Waals surface area contributed by atoms with Crippen molar-refractivity contribution in [2.75, 3.05) is 26.2 Å². The Morgan fingerprint density at radius 1 is 1.07 bits per heavy atom. The average Bonchev–Trinajstić information content (AvgIpc) is 3.20. The third kappa shape index (κ3) is 5.81. The van der Waals surface area contributed by atoms with Gasteiger partial charge in [0.15, 0.2) is 0 Å². The molecule has 2 heterocycles. The third-order valence-corrected chi connectivity index (χ3v) is 6.62. The molecule has 2 unspecified atom stereocenters. The van der Waals surface area contributed by atoms with Crippen LogP contribution in [0.3, 0.4) is 0 Å². The summed E-state index contributed by atoms with van der Waals surface area (Å²) in [6.07, 6.45) is 4.50. The van der Waals surface area contributed by atoms with Crippen molar-refractivity contribution in [2.45, 2.75) is 65.0 Å². The van der Waals surface area contributed by atoms with Crippen LogP contribution in [-0.4, -0.2) is 59.9 Å². The van der Waals surface area contributed by atoms with E-state index in [0.29, 0.717) is 31.5 Å². The molecule has 2 fully saturated rings. The minimum Gasteiger partial charge on any atom is -0.353 e. The molecule has 1 aromatic rings. The van der Waals surface area contributed by atoms with Gasteiger partial charge in [-0.05, 0) is 56.2 Å². The number of hydrogen-bond donors (Lipinski definition) is 1. The molecule has 2 amide bonds. The first-order valence-electron chi connectivity index (χ1n) is 11.3. The number of likely N-dealkylation sites (tertiary alicyclic amines) is 2. The quantitative estimate of drug-likeness (QED) is 0.767. The highest BCUT2D eigenvalue weighted by atomic mass is 16.2. The Bertz CT molecular complexity index is 668. The maximum atomic E-state index is 13.0. The number of nitrogens with one attached hydrogen (secondary N) is 1. The molecule has 1 aromatic carbocycles. The highest BCUT2D eigenvalue weighted by Gasteiger charge is 2.34. The Morgan fingerprint density at radius 3 is 2.41 bits per heavy atom. The molecule has 160 valence electrons. The fraction of sp³-hybridized carbons (Fsp3) is 0.667. The van der Waals surface area contributed by atoms with Crippen LogP contribution < -0.4 is 5.32 Å². The highest BCUT2D eigenvalue weighted by molar-refractivity contribution is 5.89. The molecule has 3 rings (SSSR count). The summed E-state index contributed by atoms with van der Waals surface area (Å²) in [5.74, 6) is 1.36. The number of carbonyl (C=O) groups excluding carboxylic acids is 2. The Kier molecular flexibility index (Phi) is 7.70. The van der Waals surface area contributed by atoms with Gasteiger partial charge in [-0.2, -0.15) is 0 Å². The second kappa shape index (κ2) is 10.2. The lowest BCUT2D eigenvalue weighted by atomic mass is 9.94. The first-order chi connectivity index (χ1) is 14.0. The molecule has 1 N–H and O–H groups in total. The smallest absolute Gasteiger partial charge is 0.242 e. The average molecular weight is 400 g/mol. The van der Waals surface area contributed by atoms with E-state index in [1.54, 1.807) is 4.90 Å². The molecule has 0 aliphatic carbocycles. The largest absolute Gasteiger partial charge is 0.353 e. The molecule has 0 bridgehead atoms. The maximum absolute atomic E-state index is 13.0. The predicted molar refractivity (Wildman–Crippen MR) is 116 cm³/mol. The Morgan fingerprint density at radius 2 is 1.76 bits per heavy atom. The van der Waals surface area contributed by atoms with Gasteiger partial charge in [-0.25, -0.2) is 0 Å². The van der Waals surface area contributed by atoms with Gasteiger partial charge in [0.05, 0.1) is 6.42 Å². The van der Waals surface area contributed by atoms with E-state index >= 15 is 0 Å². The minimum atomic E-state index is -0.319. The van der Waals surface area contributed by atoms with E-state index in [-0.39, 0.29) is 17.9 Å². The topological polar surface area (TPSA) is 52.7 Å². The molecule has 5 heteroatoms. The van der Waals surface area contributed by atoms with Gasteiger partial charge in [0.1, 0.15) is 6.04 Å². The Balaban J connectivity index is 1.55. The zero-order valence-electron chi connectivity index (χ0n) is 18.3. The normalized spacial score (nSPS) is 22.1. The molecule has 0 radical (unpaired) electrons. The monoisotopic (exact) mass is 399 g/mol. The summed E-state index contributed by atoms with van der Waals surface area (Å²) in [4.78, 5) is 30.1. The molecule has 2 saturated heterocycles. The molecule has 5 nitrogen and oxygen atoms in total. The van der Waals surface area contributed by atoms with Crippen molar-refractivity contribution < 1.29 is 9.59 Å². The summed E-state index contributed by atoms with van der Waals surface area (Å²) in [6, 6.07) is 9.83. The van der Waals surface area contributed by atoms with E-state index in [2.05, 4.69) is 31.0 Å². The lowest BCUT2D eigenvalue weighted by molar-refractivity contribution is -0.138. The number of rotatable bonds is 7. The van der Waals surface area contributed by atoms with Gasteiger partial charge in [0, 0.05) is 19.1 Å². The molecule has 0 saturated carbocycles. The van der Waals surface area contributed by atoms with Crippen molar-refractivity contribution in [1.82, 2.24) is 15.1 Å². The summed E-state index contributed by atoms with van der Waals surface area (Å²) in [5, 5.41) is 3.19. The van der Waals surface area contributed by atoms with Crippen LogP contribution in [0, 0.1) is 11.8 Å².